The van der Waals surface area contributed by atoms with Gasteiger partial charge in [-0.1, -0.05) is 12.1 Å². The number of nitrogens with two attached hydrogens (primary N) is 1. The third kappa shape index (κ3) is 2.08. The number of nitrogens with one attached hydrogen (secondary N) is 1. The van der Waals surface area contributed by atoms with Gasteiger partial charge in [0.1, 0.15) is 0 Å². The van der Waals surface area contributed by atoms with Gasteiger partial charge in [-0.15, -0.1) is 0 Å². The number of rotatable bonds is 2. The third-order valence-electron chi connectivity index (χ3n) is 3.14. The molecular weight excluding hydrogens is 236 g/mol. The first-order chi connectivity index (χ1) is 9.25. The Morgan fingerprint density at radius 1 is 1.11 bits per heavy atom. The quantitative estimate of drug-likeness (QED) is 0.732. The van der Waals surface area contributed by atoms with Crippen molar-refractivity contribution in [1.29, 1.82) is 0 Å². The molecule has 3 aromatic rings. The summed E-state index contributed by atoms with van der Waals surface area (Å²) in [4.78, 5) is 8.45. The summed E-state index contributed by atoms with van der Waals surface area (Å²) in [5.41, 5.74) is 8.67. The normalized spacial score (nSPS) is 10.6. The molecule has 2 heterocycles. The number of fused-ring (bicyclic) bond motifs is 1. The van der Waals surface area contributed by atoms with Gasteiger partial charge in [0.25, 0.3) is 0 Å². The molecule has 0 amide bonds. The fourth-order valence-corrected chi connectivity index (χ4v) is 2.02. The van der Waals surface area contributed by atoms with E-state index in [9.17, 15) is 0 Å². The zero-order valence-corrected chi connectivity index (χ0v) is 10.6. The summed E-state index contributed by atoms with van der Waals surface area (Å²) in [6.07, 6.45) is 5.37. The zero-order valence-electron chi connectivity index (χ0n) is 10.6. The van der Waals surface area contributed by atoms with Crippen LogP contribution in [0.5, 0.6) is 0 Å². The fourth-order valence-electron chi connectivity index (χ4n) is 2.02. The number of pyridine rings is 2. The van der Waals surface area contributed by atoms with Gasteiger partial charge in [-0.25, -0.2) is 4.98 Å². The second kappa shape index (κ2) is 4.57. The number of hydrogen-bond donors (Lipinski definition) is 2. The SMILES string of the molecule is Cc1ccnc(Nc2cccc3ccncc23)c1N. The number of aryl methyl sites for hydroxylation is 1. The van der Waals surface area contributed by atoms with Crippen molar-refractivity contribution in [1.82, 2.24) is 9.97 Å². The van der Waals surface area contributed by atoms with Crippen molar-refractivity contribution in [3.8, 4) is 0 Å². The van der Waals surface area contributed by atoms with Crippen LogP contribution in [-0.2, 0) is 0 Å². The van der Waals surface area contributed by atoms with Crippen molar-refractivity contribution >= 4 is 28.0 Å². The molecule has 4 heteroatoms. The maximum atomic E-state index is 6.03. The van der Waals surface area contributed by atoms with E-state index in [0.29, 0.717) is 11.5 Å². The Kier molecular flexibility index (Phi) is 2.76. The number of aromatic nitrogens is 2. The topological polar surface area (TPSA) is 63.8 Å². The van der Waals surface area contributed by atoms with E-state index in [0.717, 1.165) is 22.0 Å². The maximum absolute atomic E-state index is 6.03. The minimum atomic E-state index is 0.670. The lowest BCUT2D eigenvalue weighted by molar-refractivity contribution is 1.28. The summed E-state index contributed by atoms with van der Waals surface area (Å²) in [5.74, 6) is 0.677. The van der Waals surface area contributed by atoms with Gasteiger partial charge < -0.3 is 11.1 Å². The van der Waals surface area contributed by atoms with Crippen LogP contribution >= 0.6 is 0 Å². The second-order valence-corrected chi connectivity index (χ2v) is 4.42. The Morgan fingerprint density at radius 2 is 2.00 bits per heavy atom. The van der Waals surface area contributed by atoms with Gasteiger partial charge in [0.15, 0.2) is 5.82 Å². The van der Waals surface area contributed by atoms with Crippen LogP contribution in [0.25, 0.3) is 10.8 Å². The number of nitrogens with zero attached hydrogens (tertiary/aromatic N) is 2. The Balaban J connectivity index is 2.09. The minimum absolute atomic E-state index is 0.670. The van der Waals surface area contributed by atoms with E-state index < -0.39 is 0 Å². The van der Waals surface area contributed by atoms with Crippen LogP contribution in [0.3, 0.4) is 0 Å². The van der Waals surface area contributed by atoms with Gasteiger partial charge >= 0.3 is 0 Å². The van der Waals surface area contributed by atoms with Crippen LogP contribution in [0.4, 0.5) is 17.2 Å². The van der Waals surface area contributed by atoms with Gasteiger partial charge in [0.05, 0.1) is 5.69 Å². The number of benzene rings is 1. The Hall–Kier alpha value is -2.62. The lowest BCUT2D eigenvalue weighted by Gasteiger charge is -2.11. The van der Waals surface area contributed by atoms with E-state index >= 15 is 0 Å². The highest BCUT2D eigenvalue weighted by Crippen LogP contribution is 2.28. The molecule has 3 rings (SSSR count). The molecule has 0 spiro atoms. The lowest BCUT2D eigenvalue weighted by Crippen LogP contribution is -2.01. The van der Waals surface area contributed by atoms with Gasteiger partial charge in [-0.2, -0.15) is 0 Å². The molecule has 94 valence electrons. The van der Waals surface area contributed by atoms with E-state index in [1.54, 1.807) is 12.4 Å². The number of nitrogen functional groups attached to an aromatic ring is 1. The molecule has 1 aromatic carbocycles. The van der Waals surface area contributed by atoms with Crippen LogP contribution in [0, 0.1) is 6.92 Å². The van der Waals surface area contributed by atoms with Crippen molar-refractivity contribution < 1.29 is 0 Å². The summed E-state index contributed by atoms with van der Waals surface area (Å²) >= 11 is 0. The molecule has 4 nitrogen and oxygen atoms in total. The number of hydrogen-bond acceptors (Lipinski definition) is 4. The minimum Gasteiger partial charge on any atom is -0.396 e. The average Bonchev–Trinajstić information content (AvgIpc) is 2.44. The van der Waals surface area contributed by atoms with Crippen LogP contribution in [0.1, 0.15) is 5.56 Å². The van der Waals surface area contributed by atoms with Crippen molar-refractivity contribution in [2.75, 3.05) is 11.1 Å². The van der Waals surface area contributed by atoms with Crippen molar-refractivity contribution in [2.24, 2.45) is 0 Å². The van der Waals surface area contributed by atoms with E-state index in [2.05, 4.69) is 21.4 Å². The van der Waals surface area contributed by atoms with E-state index in [4.69, 9.17) is 5.73 Å². The van der Waals surface area contributed by atoms with Gasteiger partial charge in [0.2, 0.25) is 0 Å². The Morgan fingerprint density at radius 3 is 2.89 bits per heavy atom. The van der Waals surface area contributed by atoms with Gasteiger partial charge in [-0.3, -0.25) is 4.98 Å². The molecule has 0 bridgehead atoms. The molecule has 0 aliphatic carbocycles. The van der Waals surface area contributed by atoms with Gasteiger partial charge in [0, 0.05) is 29.7 Å². The first-order valence-corrected chi connectivity index (χ1v) is 6.06. The molecule has 19 heavy (non-hydrogen) atoms. The largest absolute Gasteiger partial charge is 0.396 e. The molecule has 0 saturated heterocycles. The molecule has 0 radical (unpaired) electrons. The molecule has 0 fully saturated rings. The highest BCUT2D eigenvalue weighted by atomic mass is 15.0. The van der Waals surface area contributed by atoms with Crippen LogP contribution in [0.2, 0.25) is 0 Å². The highest BCUT2D eigenvalue weighted by molar-refractivity contribution is 5.95. The molecule has 2 aromatic heterocycles. The maximum Gasteiger partial charge on any atom is 0.153 e. The smallest absolute Gasteiger partial charge is 0.153 e. The summed E-state index contributed by atoms with van der Waals surface area (Å²) in [6.45, 7) is 1.97. The summed E-state index contributed by atoms with van der Waals surface area (Å²) < 4.78 is 0. The highest BCUT2D eigenvalue weighted by Gasteiger charge is 2.06. The Labute approximate surface area is 111 Å². The first-order valence-electron chi connectivity index (χ1n) is 6.06. The average molecular weight is 250 g/mol. The molecular formula is C15H14N4. The first kappa shape index (κ1) is 11.5. The van der Waals surface area contributed by atoms with Crippen LogP contribution < -0.4 is 11.1 Å². The van der Waals surface area contributed by atoms with Crippen LogP contribution in [0.15, 0.2) is 48.9 Å². The predicted octanol–water partition coefficient (Wildman–Crippen LogP) is 3.26. The van der Waals surface area contributed by atoms with Crippen molar-refractivity contribution in [3.05, 3.63) is 54.5 Å². The van der Waals surface area contributed by atoms with E-state index in [1.807, 2.05) is 37.4 Å². The molecule has 0 aliphatic rings. The molecule has 0 aliphatic heterocycles. The van der Waals surface area contributed by atoms with E-state index in [1.165, 1.54) is 0 Å². The van der Waals surface area contributed by atoms with Crippen LogP contribution in [-0.4, -0.2) is 9.97 Å². The standard InChI is InChI=1S/C15H14N4/c1-10-5-8-18-15(14(10)16)19-13-4-2-3-11-6-7-17-9-12(11)13/h2-9H,16H2,1H3,(H,18,19). The molecule has 0 atom stereocenters. The lowest BCUT2D eigenvalue weighted by atomic mass is 10.1. The second-order valence-electron chi connectivity index (χ2n) is 4.42. The molecule has 0 unspecified atom stereocenters. The monoisotopic (exact) mass is 250 g/mol. The molecule has 0 saturated carbocycles. The van der Waals surface area contributed by atoms with Gasteiger partial charge in [-0.05, 0) is 36.1 Å². The zero-order chi connectivity index (χ0) is 13.2. The summed E-state index contributed by atoms with van der Waals surface area (Å²) in [5, 5.41) is 5.46. The van der Waals surface area contributed by atoms with E-state index in [-0.39, 0.29) is 0 Å². The third-order valence-corrected chi connectivity index (χ3v) is 3.14. The summed E-state index contributed by atoms with van der Waals surface area (Å²) in [6, 6.07) is 9.91. The summed E-state index contributed by atoms with van der Waals surface area (Å²) in [7, 11) is 0. The van der Waals surface area contributed by atoms with Crippen molar-refractivity contribution in [3.63, 3.8) is 0 Å². The number of anilines is 3. The molecule has 3 N–H and O–H groups in total. The Bertz CT molecular complexity index is 732. The predicted molar refractivity (Wildman–Crippen MR) is 78.4 cm³/mol. The fraction of sp³-hybridized carbons (Fsp3) is 0.0667. The van der Waals surface area contributed by atoms with Crippen molar-refractivity contribution in [2.45, 2.75) is 6.92 Å².